The molecule has 0 spiro atoms. The second-order valence-electron chi connectivity index (χ2n) is 5.92. The van der Waals surface area contributed by atoms with E-state index in [0.29, 0.717) is 0 Å². The minimum atomic E-state index is -4.53. The molecule has 6 N–H and O–H groups in total. The standard InChI is InChI=1S/C13H24N3O11P.3Na/c17-10(18)5-15(6-11(19)20)3-1-14(9-28(25,26)27)2-4-16(7-12(21)22)8-13(23)24;;;/h1-9H2,(H,17,18)(H,19,20)(H,21,22)(H,23,24)(H2,25,26,27);;;. The number of hydrogen-bond donors (Lipinski definition) is 6. The molecule has 14 nitrogen and oxygen atoms in total. The first-order chi connectivity index (χ1) is 12.8. The minimum absolute atomic E-state index is 0. The molecule has 0 heterocycles. The number of carboxylic acids is 4. The van der Waals surface area contributed by atoms with Crippen molar-refractivity contribution in [3.63, 3.8) is 0 Å². The minimum Gasteiger partial charge on any atom is -0.480 e. The van der Waals surface area contributed by atoms with Gasteiger partial charge in [0.2, 0.25) is 0 Å². The zero-order valence-corrected chi connectivity index (χ0v) is 24.8. The summed E-state index contributed by atoms with van der Waals surface area (Å²) in [6, 6.07) is 0. The first-order valence-electron chi connectivity index (χ1n) is 7.87. The molecule has 0 aromatic heterocycles. The van der Waals surface area contributed by atoms with Gasteiger partial charge >= 0.3 is 31.5 Å². The SMILES string of the molecule is O=C(O)CN(CCN(CCN(CC(=O)O)CC(=O)O)CP(=O)(O)O)CC(=O)O.[Na].[Na].[Na]. The van der Waals surface area contributed by atoms with Crippen LogP contribution < -0.4 is 0 Å². The van der Waals surface area contributed by atoms with Crippen LogP contribution in [0.4, 0.5) is 0 Å². The summed E-state index contributed by atoms with van der Waals surface area (Å²) in [5.41, 5.74) is 0. The number of aliphatic carboxylic acids is 4. The van der Waals surface area contributed by atoms with E-state index < -0.39 is 63.9 Å². The maximum absolute atomic E-state index is 11.3. The van der Waals surface area contributed by atoms with Crippen LogP contribution in [-0.2, 0) is 23.7 Å². The quantitative estimate of drug-likeness (QED) is 0.0890. The third-order valence-electron chi connectivity index (χ3n) is 3.28. The van der Waals surface area contributed by atoms with E-state index >= 15 is 0 Å². The molecule has 0 aliphatic rings. The molecule has 0 unspecified atom stereocenters. The molecule has 18 heteroatoms. The molecule has 165 valence electrons. The predicted octanol–water partition coefficient (Wildman–Crippen LogP) is -3.78. The molecular weight excluding hydrogens is 474 g/mol. The van der Waals surface area contributed by atoms with E-state index in [4.69, 9.17) is 30.2 Å². The largest absolute Gasteiger partial charge is 0.480 e. The Balaban J connectivity index is -0.00000121. The third-order valence-corrected chi connectivity index (χ3v) is 4.05. The van der Waals surface area contributed by atoms with Gasteiger partial charge in [-0.2, -0.15) is 0 Å². The van der Waals surface area contributed by atoms with E-state index in [1.165, 1.54) is 4.90 Å². The summed E-state index contributed by atoms with van der Waals surface area (Å²) >= 11 is 0. The maximum atomic E-state index is 11.3. The van der Waals surface area contributed by atoms with Gasteiger partial charge in [-0.15, -0.1) is 0 Å². The zero-order valence-electron chi connectivity index (χ0n) is 17.9. The first-order valence-corrected chi connectivity index (χ1v) is 9.67. The van der Waals surface area contributed by atoms with Gasteiger partial charge in [-0.3, -0.25) is 38.4 Å². The Labute approximate surface area is 245 Å². The number of carbonyl (C=O) groups is 4. The molecule has 0 fully saturated rings. The summed E-state index contributed by atoms with van der Waals surface area (Å²) in [6.07, 6.45) is -0.741. The summed E-state index contributed by atoms with van der Waals surface area (Å²) in [7, 11) is -4.53. The van der Waals surface area contributed by atoms with E-state index in [2.05, 4.69) is 0 Å². The van der Waals surface area contributed by atoms with Crippen molar-refractivity contribution in [2.45, 2.75) is 0 Å². The van der Waals surface area contributed by atoms with Crippen LogP contribution in [0.3, 0.4) is 0 Å². The van der Waals surface area contributed by atoms with Crippen LogP contribution in [0, 0.1) is 0 Å². The number of nitrogens with zero attached hydrogens (tertiary/aromatic N) is 3. The Kier molecular flexibility index (Phi) is 25.6. The first kappa shape index (κ1) is 39.1. The topological polar surface area (TPSA) is 216 Å². The summed E-state index contributed by atoms with van der Waals surface area (Å²) in [5.74, 6) is -5.12. The van der Waals surface area contributed by atoms with Gasteiger partial charge in [-0.1, -0.05) is 0 Å². The molecule has 0 saturated heterocycles. The number of hydrogen-bond acceptors (Lipinski definition) is 8. The van der Waals surface area contributed by atoms with Crippen molar-refractivity contribution in [2.75, 3.05) is 58.6 Å². The second kappa shape index (κ2) is 20.3. The average Bonchev–Trinajstić information content (AvgIpc) is 2.45. The van der Waals surface area contributed by atoms with Crippen LogP contribution >= 0.6 is 7.60 Å². The van der Waals surface area contributed by atoms with Crippen molar-refractivity contribution in [3.8, 4) is 0 Å². The van der Waals surface area contributed by atoms with Gasteiger partial charge in [0.25, 0.3) is 0 Å². The van der Waals surface area contributed by atoms with Gasteiger partial charge in [0.1, 0.15) is 6.29 Å². The molecule has 0 atom stereocenters. The Morgan fingerprint density at radius 1 is 0.548 bits per heavy atom. The molecular formula is C13H24N3Na3O11P. The van der Waals surface area contributed by atoms with E-state index in [-0.39, 0.29) is 115 Å². The molecule has 31 heavy (non-hydrogen) atoms. The van der Waals surface area contributed by atoms with Crippen molar-refractivity contribution in [2.24, 2.45) is 0 Å². The van der Waals surface area contributed by atoms with Gasteiger partial charge in [-0.05, 0) is 0 Å². The molecule has 0 amide bonds. The Morgan fingerprint density at radius 3 is 0.968 bits per heavy atom. The number of carboxylic acid groups (broad SMARTS) is 4. The maximum Gasteiger partial charge on any atom is 0.339 e. The van der Waals surface area contributed by atoms with Crippen LogP contribution in [-0.4, -0.2) is 216 Å². The van der Waals surface area contributed by atoms with Crippen LogP contribution in [0.5, 0.6) is 0 Å². The van der Waals surface area contributed by atoms with Gasteiger partial charge < -0.3 is 30.2 Å². The second-order valence-corrected chi connectivity index (χ2v) is 7.53. The summed E-state index contributed by atoms with van der Waals surface area (Å²) in [5, 5.41) is 35.2. The average molecular weight is 498 g/mol. The fourth-order valence-electron chi connectivity index (χ4n) is 2.27. The monoisotopic (exact) mass is 498 g/mol. The predicted molar refractivity (Wildman–Crippen MR) is 109 cm³/mol. The fraction of sp³-hybridized carbons (Fsp3) is 0.692. The van der Waals surface area contributed by atoms with E-state index in [0.717, 1.165) is 9.80 Å². The smallest absolute Gasteiger partial charge is 0.339 e. The molecule has 3 radical (unpaired) electrons. The third kappa shape index (κ3) is 25.4. The van der Waals surface area contributed by atoms with Crippen molar-refractivity contribution < 1.29 is 54.0 Å². The number of rotatable bonds is 16. The van der Waals surface area contributed by atoms with Crippen molar-refractivity contribution >= 4 is 120 Å². The fourth-order valence-corrected chi connectivity index (χ4v) is 3.08. The van der Waals surface area contributed by atoms with E-state index in [1.807, 2.05) is 0 Å². The Bertz CT molecular complexity index is 551. The zero-order chi connectivity index (χ0) is 21.9. The normalized spacial score (nSPS) is 10.7. The van der Waals surface area contributed by atoms with Gasteiger partial charge in [-0.25, -0.2) is 0 Å². The van der Waals surface area contributed by atoms with Gasteiger partial charge in [0, 0.05) is 115 Å². The molecule has 0 saturated carbocycles. The van der Waals surface area contributed by atoms with Crippen LogP contribution in [0.2, 0.25) is 0 Å². The van der Waals surface area contributed by atoms with Crippen molar-refractivity contribution in [1.29, 1.82) is 0 Å². The van der Waals surface area contributed by atoms with Crippen LogP contribution in [0.1, 0.15) is 0 Å². The summed E-state index contributed by atoms with van der Waals surface area (Å²) < 4.78 is 11.3. The molecule has 0 rings (SSSR count). The van der Waals surface area contributed by atoms with Gasteiger partial charge in [0.05, 0.1) is 26.2 Å². The summed E-state index contributed by atoms with van der Waals surface area (Å²) in [6.45, 7) is -2.92. The van der Waals surface area contributed by atoms with E-state index in [1.54, 1.807) is 0 Å². The van der Waals surface area contributed by atoms with Gasteiger partial charge in [0.15, 0.2) is 0 Å². The Hall–Kier alpha value is 0.910. The molecule has 0 aliphatic carbocycles. The molecule has 0 aromatic rings. The molecule has 0 bridgehead atoms. The Morgan fingerprint density at radius 2 is 0.774 bits per heavy atom. The van der Waals surface area contributed by atoms with Crippen LogP contribution in [0.15, 0.2) is 0 Å². The van der Waals surface area contributed by atoms with Crippen molar-refractivity contribution in [1.82, 2.24) is 14.7 Å². The van der Waals surface area contributed by atoms with Crippen molar-refractivity contribution in [3.05, 3.63) is 0 Å². The molecule has 0 aliphatic heterocycles. The van der Waals surface area contributed by atoms with E-state index in [9.17, 15) is 23.7 Å². The summed E-state index contributed by atoms with van der Waals surface area (Å²) in [4.78, 5) is 64.8. The van der Waals surface area contributed by atoms with Crippen LogP contribution in [0.25, 0.3) is 0 Å². The molecule has 0 aromatic carbocycles.